The van der Waals surface area contributed by atoms with Crippen molar-refractivity contribution in [1.29, 1.82) is 0 Å². The Morgan fingerprint density at radius 3 is 2.80 bits per heavy atom. The summed E-state index contributed by atoms with van der Waals surface area (Å²) in [7, 11) is 3.88. The summed E-state index contributed by atoms with van der Waals surface area (Å²) in [6.07, 6.45) is 1.96. The summed E-state index contributed by atoms with van der Waals surface area (Å²) in [4.78, 5) is 2.38. The molecule has 1 aliphatic heterocycles. The lowest BCUT2D eigenvalue weighted by molar-refractivity contribution is 0.0648. The highest BCUT2D eigenvalue weighted by atomic mass is 16.5. The van der Waals surface area contributed by atoms with E-state index in [2.05, 4.69) is 31.0 Å². The quantitative estimate of drug-likeness (QED) is 0.860. The summed E-state index contributed by atoms with van der Waals surface area (Å²) < 4.78 is 11.0. The number of para-hydroxylation sites is 1. The molecular weight excluding hydrogens is 252 g/mol. The molecule has 2 atom stereocenters. The highest BCUT2D eigenvalue weighted by Gasteiger charge is 2.39. The fourth-order valence-electron chi connectivity index (χ4n) is 2.97. The first-order valence-electron chi connectivity index (χ1n) is 7.25. The lowest BCUT2D eigenvalue weighted by Crippen LogP contribution is -2.56. The first-order valence-corrected chi connectivity index (χ1v) is 7.25. The van der Waals surface area contributed by atoms with E-state index in [1.165, 1.54) is 5.56 Å². The molecule has 1 saturated heterocycles. The second kappa shape index (κ2) is 6.57. The number of rotatable bonds is 6. The van der Waals surface area contributed by atoms with Crippen LogP contribution in [-0.4, -0.2) is 50.4 Å². The van der Waals surface area contributed by atoms with E-state index in [0.29, 0.717) is 12.6 Å². The van der Waals surface area contributed by atoms with Crippen LogP contribution in [0.1, 0.15) is 18.9 Å². The highest BCUT2D eigenvalue weighted by Crippen LogP contribution is 2.28. The Balaban J connectivity index is 2.09. The Morgan fingerprint density at radius 2 is 2.20 bits per heavy atom. The molecule has 112 valence electrons. The van der Waals surface area contributed by atoms with Crippen molar-refractivity contribution in [2.45, 2.75) is 31.3 Å². The smallest absolute Gasteiger partial charge is 0.122 e. The number of benzene rings is 1. The van der Waals surface area contributed by atoms with Gasteiger partial charge in [0.05, 0.1) is 19.3 Å². The molecule has 0 bridgehead atoms. The molecular formula is C16H26N2O2. The molecule has 0 radical (unpaired) electrons. The molecule has 0 aromatic heterocycles. The van der Waals surface area contributed by atoms with E-state index in [0.717, 1.165) is 31.8 Å². The van der Waals surface area contributed by atoms with E-state index < -0.39 is 0 Å². The third-order valence-corrected chi connectivity index (χ3v) is 4.58. The van der Waals surface area contributed by atoms with Crippen molar-refractivity contribution in [3.63, 3.8) is 0 Å². The minimum atomic E-state index is -0.0125. The van der Waals surface area contributed by atoms with Gasteiger partial charge in [-0.15, -0.1) is 0 Å². The van der Waals surface area contributed by atoms with Crippen molar-refractivity contribution in [3.8, 4) is 5.75 Å². The summed E-state index contributed by atoms with van der Waals surface area (Å²) in [5, 5.41) is 0. The van der Waals surface area contributed by atoms with Crippen LogP contribution in [-0.2, 0) is 11.2 Å². The third kappa shape index (κ3) is 2.97. The summed E-state index contributed by atoms with van der Waals surface area (Å²) in [5.74, 6) is 0.956. The molecule has 0 spiro atoms. The van der Waals surface area contributed by atoms with Crippen molar-refractivity contribution in [3.05, 3.63) is 29.8 Å². The van der Waals surface area contributed by atoms with Crippen LogP contribution < -0.4 is 10.5 Å². The first-order chi connectivity index (χ1) is 9.63. The van der Waals surface area contributed by atoms with Gasteiger partial charge in [-0.2, -0.15) is 0 Å². The minimum Gasteiger partial charge on any atom is -0.496 e. The maximum Gasteiger partial charge on any atom is 0.122 e. The third-order valence-electron chi connectivity index (χ3n) is 4.58. The van der Waals surface area contributed by atoms with E-state index in [4.69, 9.17) is 15.2 Å². The van der Waals surface area contributed by atoms with Gasteiger partial charge in [0.25, 0.3) is 0 Å². The van der Waals surface area contributed by atoms with Crippen molar-refractivity contribution in [2.75, 3.05) is 33.9 Å². The molecule has 4 heteroatoms. The predicted molar refractivity (Wildman–Crippen MR) is 81.1 cm³/mol. The molecule has 1 heterocycles. The van der Waals surface area contributed by atoms with Gasteiger partial charge < -0.3 is 15.2 Å². The topological polar surface area (TPSA) is 47.7 Å². The van der Waals surface area contributed by atoms with Gasteiger partial charge in [-0.25, -0.2) is 0 Å². The molecule has 0 saturated carbocycles. The lowest BCUT2D eigenvalue weighted by Gasteiger charge is -2.40. The van der Waals surface area contributed by atoms with Crippen molar-refractivity contribution in [1.82, 2.24) is 4.90 Å². The average Bonchev–Trinajstić information content (AvgIpc) is 2.97. The number of nitrogens with two attached hydrogens (primary N) is 1. The van der Waals surface area contributed by atoms with Crippen LogP contribution in [0.25, 0.3) is 0 Å². The van der Waals surface area contributed by atoms with Gasteiger partial charge in [-0.1, -0.05) is 18.2 Å². The lowest BCUT2D eigenvalue weighted by atomic mass is 9.93. The van der Waals surface area contributed by atoms with Crippen LogP contribution in [0.2, 0.25) is 0 Å². The fourth-order valence-corrected chi connectivity index (χ4v) is 2.97. The van der Waals surface area contributed by atoms with E-state index in [1.807, 2.05) is 12.1 Å². The molecule has 2 unspecified atom stereocenters. The van der Waals surface area contributed by atoms with Gasteiger partial charge in [-0.3, -0.25) is 4.90 Å². The van der Waals surface area contributed by atoms with Crippen LogP contribution in [0.5, 0.6) is 5.75 Å². The Morgan fingerprint density at radius 1 is 1.45 bits per heavy atom. The number of hydrogen-bond acceptors (Lipinski definition) is 4. The number of hydrogen-bond donors (Lipinski definition) is 1. The van der Waals surface area contributed by atoms with Gasteiger partial charge >= 0.3 is 0 Å². The normalized spacial score (nSPS) is 24.1. The summed E-state index contributed by atoms with van der Waals surface area (Å²) in [6, 6.07) is 8.59. The predicted octanol–water partition coefficient (Wildman–Crippen LogP) is 1.68. The molecule has 20 heavy (non-hydrogen) atoms. The van der Waals surface area contributed by atoms with Gasteiger partial charge in [0.15, 0.2) is 0 Å². The number of ether oxygens (including phenoxy) is 2. The van der Waals surface area contributed by atoms with E-state index in [1.54, 1.807) is 7.11 Å². The molecule has 1 aliphatic rings. The highest BCUT2D eigenvalue weighted by molar-refractivity contribution is 5.33. The monoisotopic (exact) mass is 278 g/mol. The zero-order valence-electron chi connectivity index (χ0n) is 12.8. The summed E-state index contributed by atoms with van der Waals surface area (Å²) in [6.45, 7) is 4.42. The zero-order valence-corrected chi connectivity index (χ0v) is 12.8. The molecule has 2 N–H and O–H groups in total. The number of methoxy groups -OCH3 is 1. The van der Waals surface area contributed by atoms with E-state index in [-0.39, 0.29) is 5.54 Å². The van der Waals surface area contributed by atoms with Crippen molar-refractivity contribution >= 4 is 0 Å². The van der Waals surface area contributed by atoms with Gasteiger partial charge in [-0.05, 0) is 38.4 Å². The second-order valence-corrected chi connectivity index (χ2v) is 5.71. The minimum absolute atomic E-state index is 0.0125. The molecule has 4 nitrogen and oxygen atoms in total. The SMILES string of the molecule is COc1ccccc1CC(C)N(C)C1(CN)CCOC1. The molecule has 1 aromatic carbocycles. The van der Waals surface area contributed by atoms with Crippen LogP contribution in [0.15, 0.2) is 24.3 Å². The Bertz CT molecular complexity index is 430. The summed E-state index contributed by atoms with van der Waals surface area (Å²) in [5.41, 5.74) is 7.23. The largest absolute Gasteiger partial charge is 0.496 e. The van der Waals surface area contributed by atoms with E-state index >= 15 is 0 Å². The Hall–Kier alpha value is -1.10. The van der Waals surface area contributed by atoms with Crippen LogP contribution in [0.4, 0.5) is 0 Å². The first kappa shape index (κ1) is 15.3. The molecule has 2 rings (SSSR count). The van der Waals surface area contributed by atoms with Gasteiger partial charge in [0, 0.05) is 19.2 Å². The van der Waals surface area contributed by atoms with Crippen LogP contribution in [0.3, 0.4) is 0 Å². The van der Waals surface area contributed by atoms with Crippen molar-refractivity contribution < 1.29 is 9.47 Å². The van der Waals surface area contributed by atoms with Crippen molar-refractivity contribution in [2.24, 2.45) is 5.73 Å². The molecule has 1 fully saturated rings. The van der Waals surface area contributed by atoms with E-state index in [9.17, 15) is 0 Å². The molecule has 0 aliphatic carbocycles. The zero-order chi connectivity index (χ0) is 14.6. The van der Waals surface area contributed by atoms with Gasteiger partial charge in [0.1, 0.15) is 5.75 Å². The summed E-state index contributed by atoms with van der Waals surface area (Å²) >= 11 is 0. The Kier molecular flexibility index (Phi) is 5.02. The van der Waals surface area contributed by atoms with Crippen LogP contribution >= 0.6 is 0 Å². The Labute approximate surface area is 121 Å². The number of likely N-dealkylation sites (N-methyl/N-ethyl adjacent to an activating group) is 1. The number of nitrogens with zero attached hydrogens (tertiary/aromatic N) is 1. The molecule has 1 aromatic rings. The average molecular weight is 278 g/mol. The maximum absolute atomic E-state index is 6.01. The second-order valence-electron chi connectivity index (χ2n) is 5.71. The standard InChI is InChI=1S/C16H26N2O2/c1-13(10-14-6-4-5-7-15(14)19-3)18(2)16(11-17)8-9-20-12-16/h4-7,13H,8-12,17H2,1-3H3. The molecule has 0 amide bonds. The maximum atomic E-state index is 6.01. The van der Waals surface area contributed by atoms with Gasteiger partial charge in [0.2, 0.25) is 0 Å². The van der Waals surface area contributed by atoms with Crippen LogP contribution in [0, 0.1) is 0 Å². The fraction of sp³-hybridized carbons (Fsp3) is 0.625.